The Kier molecular flexibility index (Phi) is 4.43. The predicted molar refractivity (Wildman–Crippen MR) is 76.8 cm³/mol. The van der Waals surface area contributed by atoms with E-state index < -0.39 is 0 Å². The quantitative estimate of drug-likeness (QED) is 0.653. The molecule has 8 heteroatoms. The maximum atomic E-state index is 10.6. The molecule has 6 nitrogen and oxygen atoms in total. The van der Waals surface area contributed by atoms with Crippen molar-refractivity contribution >= 4 is 32.8 Å². The standard InChI is InChI=1S/C11H14N4O2S2/c1-7(2)5-9-13-14-11(19-9)12-6-8-3-4-10(18-8)15(16)17/h3-4,7H,5-6H2,1-2H3,(H,12,14). The normalized spacial score (nSPS) is 10.9. The maximum absolute atomic E-state index is 10.6. The van der Waals surface area contributed by atoms with Gasteiger partial charge in [-0.3, -0.25) is 10.1 Å². The third kappa shape index (κ3) is 3.97. The summed E-state index contributed by atoms with van der Waals surface area (Å²) in [5.74, 6) is 0.556. The van der Waals surface area contributed by atoms with Crippen LogP contribution in [0.4, 0.5) is 10.1 Å². The number of nitrogens with one attached hydrogen (secondary N) is 1. The summed E-state index contributed by atoms with van der Waals surface area (Å²) in [6, 6.07) is 3.28. The van der Waals surface area contributed by atoms with E-state index in [2.05, 4.69) is 29.4 Å². The molecule has 102 valence electrons. The number of rotatable bonds is 6. The summed E-state index contributed by atoms with van der Waals surface area (Å²) in [6.07, 6.45) is 0.920. The lowest BCUT2D eigenvalue weighted by molar-refractivity contribution is -0.380. The van der Waals surface area contributed by atoms with Crippen LogP contribution in [0.1, 0.15) is 23.7 Å². The molecular formula is C11H14N4O2S2. The minimum absolute atomic E-state index is 0.162. The second-order valence-electron chi connectivity index (χ2n) is 4.45. The zero-order valence-electron chi connectivity index (χ0n) is 10.6. The van der Waals surface area contributed by atoms with Crippen LogP contribution >= 0.6 is 22.7 Å². The average molecular weight is 298 g/mol. The molecular weight excluding hydrogens is 284 g/mol. The van der Waals surface area contributed by atoms with Crippen LogP contribution in [0, 0.1) is 16.0 Å². The molecule has 0 saturated heterocycles. The van der Waals surface area contributed by atoms with Crippen LogP contribution in [0.2, 0.25) is 0 Å². The fourth-order valence-corrected chi connectivity index (χ4v) is 3.19. The van der Waals surface area contributed by atoms with E-state index in [-0.39, 0.29) is 9.92 Å². The molecule has 0 amide bonds. The highest BCUT2D eigenvalue weighted by atomic mass is 32.1. The van der Waals surface area contributed by atoms with Crippen LogP contribution < -0.4 is 5.32 Å². The van der Waals surface area contributed by atoms with Crippen LogP contribution in [0.15, 0.2) is 12.1 Å². The molecule has 2 aromatic rings. The molecule has 2 aromatic heterocycles. The Hall–Kier alpha value is -1.54. The molecule has 0 saturated carbocycles. The first-order chi connectivity index (χ1) is 9.04. The smallest absolute Gasteiger partial charge is 0.324 e. The summed E-state index contributed by atoms with van der Waals surface area (Å²) in [5.41, 5.74) is 0. The summed E-state index contributed by atoms with van der Waals surface area (Å²) >= 11 is 2.70. The van der Waals surface area contributed by atoms with Gasteiger partial charge in [0.2, 0.25) is 5.13 Å². The van der Waals surface area contributed by atoms with E-state index in [1.807, 2.05) is 0 Å². The van der Waals surface area contributed by atoms with Gasteiger partial charge in [0, 0.05) is 17.4 Å². The first-order valence-electron chi connectivity index (χ1n) is 5.84. The highest BCUT2D eigenvalue weighted by Gasteiger charge is 2.10. The minimum atomic E-state index is -0.375. The van der Waals surface area contributed by atoms with E-state index in [4.69, 9.17) is 0 Å². The molecule has 0 fully saturated rings. The largest absolute Gasteiger partial charge is 0.355 e. The van der Waals surface area contributed by atoms with Crippen LogP contribution in [-0.4, -0.2) is 15.1 Å². The molecule has 0 aliphatic heterocycles. The number of hydrogen-bond donors (Lipinski definition) is 1. The number of nitrogens with zero attached hydrogens (tertiary/aromatic N) is 3. The average Bonchev–Trinajstić information content (AvgIpc) is 2.94. The van der Waals surface area contributed by atoms with Gasteiger partial charge in [0.25, 0.3) is 0 Å². The molecule has 0 atom stereocenters. The number of anilines is 1. The first kappa shape index (κ1) is 13.9. The van der Waals surface area contributed by atoms with Gasteiger partial charge in [0.05, 0.1) is 11.5 Å². The molecule has 0 bridgehead atoms. The highest BCUT2D eigenvalue weighted by molar-refractivity contribution is 7.15. The monoisotopic (exact) mass is 298 g/mol. The third-order valence-corrected chi connectivity index (χ3v) is 4.23. The van der Waals surface area contributed by atoms with Crippen molar-refractivity contribution in [1.82, 2.24) is 10.2 Å². The lowest BCUT2D eigenvalue weighted by Gasteiger charge is -1.98. The summed E-state index contributed by atoms with van der Waals surface area (Å²) in [4.78, 5) is 11.1. The third-order valence-electron chi connectivity index (χ3n) is 2.29. The van der Waals surface area contributed by atoms with Gasteiger partial charge in [-0.1, -0.05) is 36.5 Å². The number of hydrogen-bond acceptors (Lipinski definition) is 7. The van der Waals surface area contributed by atoms with Crippen molar-refractivity contribution in [3.05, 3.63) is 32.1 Å². The van der Waals surface area contributed by atoms with Crippen molar-refractivity contribution in [1.29, 1.82) is 0 Å². The highest BCUT2D eigenvalue weighted by Crippen LogP contribution is 2.25. The van der Waals surface area contributed by atoms with Crippen molar-refractivity contribution in [2.75, 3.05) is 5.32 Å². The van der Waals surface area contributed by atoms with Gasteiger partial charge >= 0.3 is 5.00 Å². The predicted octanol–water partition coefficient (Wildman–Crippen LogP) is 3.32. The Morgan fingerprint density at radius 1 is 1.37 bits per heavy atom. The molecule has 0 aromatic carbocycles. The van der Waals surface area contributed by atoms with E-state index >= 15 is 0 Å². The van der Waals surface area contributed by atoms with E-state index in [0.717, 1.165) is 21.4 Å². The minimum Gasteiger partial charge on any atom is -0.355 e. The first-order valence-corrected chi connectivity index (χ1v) is 7.47. The number of aromatic nitrogens is 2. The number of thiophene rings is 1. The van der Waals surface area contributed by atoms with Crippen LogP contribution in [0.3, 0.4) is 0 Å². The summed E-state index contributed by atoms with van der Waals surface area (Å²) in [5, 5.41) is 23.8. The molecule has 0 aliphatic carbocycles. The Balaban J connectivity index is 1.90. The molecule has 0 spiro atoms. The fourth-order valence-electron chi connectivity index (χ4n) is 1.48. The molecule has 19 heavy (non-hydrogen) atoms. The molecule has 0 radical (unpaired) electrons. The van der Waals surface area contributed by atoms with Gasteiger partial charge in [0.1, 0.15) is 5.01 Å². The fraction of sp³-hybridized carbons (Fsp3) is 0.455. The molecule has 1 N–H and O–H groups in total. The topological polar surface area (TPSA) is 81.0 Å². The molecule has 0 aliphatic rings. The molecule has 2 rings (SSSR count). The van der Waals surface area contributed by atoms with Crippen LogP contribution in [0.25, 0.3) is 0 Å². The second kappa shape index (κ2) is 6.07. The van der Waals surface area contributed by atoms with E-state index in [9.17, 15) is 10.1 Å². The van der Waals surface area contributed by atoms with E-state index in [0.29, 0.717) is 12.5 Å². The van der Waals surface area contributed by atoms with Crippen molar-refractivity contribution in [2.24, 2.45) is 5.92 Å². The van der Waals surface area contributed by atoms with E-state index in [1.165, 1.54) is 28.7 Å². The number of nitro groups is 1. The van der Waals surface area contributed by atoms with Gasteiger partial charge in [-0.05, 0) is 12.0 Å². The maximum Gasteiger partial charge on any atom is 0.324 e. The Labute approximate surface area is 118 Å². The van der Waals surface area contributed by atoms with Crippen LogP contribution in [-0.2, 0) is 13.0 Å². The van der Waals surface area contributed by atoms with Crippen molar-refractivity contribution in [3.63, 3.8) is 0 Å². The van der Waals surface area contributed by atoms with E-state index in [1.54, 1.807) is 6.07 Å². The molecule has 2 heterocycles. The van der Waals surface area contributed by atoms with Gasteiger partial charge in [-0.25, -0.2) is 0 Å². The zero-order valence-corrected chi connectivity index (χ0v) is 12.3. The Morgan fingerprint density at radius 2 is 2.16 bits per heavy atom. The van der Waals surface area contributed by atoms with Gasteiger partial charge in [-0.2, -0.15) is 0 Å². The van der Waals surface area contributed by atoms with Crippen LogP contribution in [0.5, 0.6) is 0 Å². The van der Waals surface area contributed by atoms with Gasteiger partial charge in [0.15, 0.2) is 0 Å². The van der Waals surface area contributed by atoms with Crippen molar-refractivity contribution in [3.8, 4) is 0 Å². The summed E-state index contributed by atoms with van der Waals surface area (Å²) < 4.78 is 0. The lowest BCUT2D eigenvalue weighted by Crippen LogP contribution is -1.96. The Bertz CT molecular complexity index is 565. The van der Waals surface area contributed by atoms with Gasteiger partial charge in [-0.15, -0.1) is 10.2 Å². The summed E-state index contributed by atoms with van der Waals surface area (Å²) in [7, 11) is 0. The zero-order chi connectivity index (χ0) is 13.8. The lowest BCUT2D eigenvalue weighted by atomic mass is 10.1. The van der Waals surface area contributed by atoms with Crippen molar-refractivity contribution in [2.45, 2.75) is 26.8 Å². The molecule has 0 unspecified atom stereocenters. The van der Waals surface area contributed by atoms with Gasteiger partial charge < -0.3 is 5.32 Å². The summed E-state index contributed by atoms with van der Waals surface area (Å²) in [6.45, 7) is 4.81. The Morgan fingerprint density at radius 3 is 2.79 bits per heavy atom. The second-order valence-corrected chi connectivity index (χ2v) is 6.66. The van der Waals surface area contributed by atoms with Crippen molar-refractivity contribution < 1.29 is 4.92 Å². The SMILES string of the molecule is CC(C)Cc1nnc(NCc2ccc([N+](=O)[O-])s2)s1.